The minimum absolute atomic E-state index is 0.382. The van der Waals surface area contributed by atoms with E-state index in [4.69, 9.17) is 4.74 Å². The normalized spacial score (nSPS) is 25.8. The zero-order valence-electron chi connectivity index (χ0n) is 14.9. The molecule has 24 heavy (non-hydrogen) atoms. The van der Waals surface area contributed by atoms with Gasteiger partial charge in [-0.25, -0.2) is 0 Å². The summed E-state index contributed by atoms with van der Waals surface area (Å²) < 4.78 is 5.89. The molecule has 2 N–H and O–H groups in total. The summed E-state index contributed by atoms with van der Waals surface area (Å²) >= 11 is 0. The number of ether oxygens (including phenoxy) is 1. The molecule has 2 heterocycles. The van der Waals surface area contributed by atoms with E-state index in [1.165, 1.54) is 18.5 Å². The number of hydrogen-bond acceptors (Lipinski definition) is 3. The first kappa shape index (κ1) is 17.1. The Morgan fingerprint density at radius 3 is 2.75 bits per heavy atom. The van der Waals surface area contributed by atoms with Crippen LogP contribution in [0.1, 0.15) is 32.1 Å². The van der Waals surface area contributed by atoms with Gasteiger partial charge in [0.2, 0.25) is 0 Å². The Labute approximate surface area is 145 Å². The summed E-state index contributed by atoms with van der Waals surface area (Å²) in [6, 6.07) is 11.0. The van der Waals surface area contributed by atoms with E-state index in [-0.39, 0.29) is 0 Å². The molecule has 0 amide bonds. The zero-order chi connectivity index (χ0) is 16.8. The molecular formula is C19H30N4O. The molecule has 0 radical (unpaired) electrons. The number of anilines is 1. The molecule has 1 aromatic rings. The van der Waals surface area contributed by atoms with E-state index >= 15 is 0 Å². The van der Waals surface area contributed by atoms with Crippen molar-refractivity contribution < 1.29 is 4.74 Å². The molecule has 3 atom stereocenters. The van der Waals surface area contributed by atoms with E-state index in [1.807, 2.05) is 7.05 Å². The summed E-state index contributed by atoms with van der Waals surface area (Å²) in [4.78, 5) is 6.65. The summed E-state index contributed by atoms with van der Waals surface area (Å²) in [5.74, 6) is 0.910. The van der Waals surface area contributed by atoms with Crippen LogP contribution in [0.3, 0.4) is 0 Å². The molecule has 0 aliphatic carbocycles. The number of para-hydroxylation sites is 1. The van der Waals surface area contributed by atoms with Crippen LogP contribution in [0.2, 0.25) is 0 Å². The lowest BCUT2D eigenvalue weighted by atomic mass is 9.96. The first-order valence-electron chi connectivity index (χ1n) is 9.15. The maximum atomic E-state index is 5.89. The first-order chi connectivity index (χ1) is 11.8. The molecule has 1 aromatic carbocycles. The summed E-state index contributed by atoms with van der Waals surface area (Å²) in [6.07, 6.45) is 6.67. The summed E-state index contributed by atoms with van der Waals surface area (Å²) in [5, 5.41) is 6.96. The van der Waals surface area contributed by atoms with Crippen LogP contribution in [-0.4, -0.2) is 51.4 Å². The molecule has 5 heteroatoms. The second-order valence-corrected chi connectivity index (χ2v) is 6.82. The van der Waals surface area contributed by atoms with E-state index in [0.29, 0.717) is 18.2 Å². The van der Waals surface area contributed by atoms with Crippen molar-refractivity contribution in [3.63, 3.8) is 0 Å². The standard InChI is InChI=1S/C19H30N4O/c1-20-19(22-17-14-16-10-11-18(17)24-16)21-12-6-7-13-23(2)15-8-4-3-5-9-15/h3-5,8-9,16-18H,6-7,10-14H2,1-2H3,(H2,20,21,22). The smallest absolute Gasteiger partial charge is 0.191 e. The van der Waals surface area contributed by atoms with Crippen LogP contribution in [0.4, 0.5) is 5.69 Å². The number of fused-ring (bicyclic) bond motifs is 2. The van der Waals surface area contributed by atoms with Crippen molar-refractivity contribution in [1.82, 2.24) is 10.6 Å². The van der Waals surface area contributed by atoms with Crippen LogP contribution in [-0.2, 0) is 4.74 Å². The number of aliphatic imine (C=N–C) groups is 1. The van der Waals surface area contributed by atoms with Crippen LogP contribution in [0, 0.1) is 0 Å². The van der Waals surface area contributed by atoms with Crippen LogP contribution < -0.4 is 15.5 Å². The number of unbranched alkanes of at least 4 members (excludes halogenated alkanes) is 1. The van der Waals surface area contributed by atoms with Crippen molar-refractivity contribution in [3.05, 3.63) is 30.3 Å². The molecule has 3 unspecified atom stereocenters. The molecule has 2 aliphatic rings. The van der Waals surface area contributed by atoms with Gasteiger partial charge in [0.15, 0.2) is 5.96 Å². The molecular weight excluding hydrogens is 300 g/mol. The lowest BCUT2D eigenvalue weighted by molar-refractivity contribution is 0.0992. The molecule has 3 rings (SSSR count). The topological polar surface area (TPSA) is 48.9 Å². The maximum absolute atomic E-state index is 5.89. The fraction of sp³-hybridized carbons (Fsp3) is 0.632. The van der Waals surface area contributed by atoms with Gasteiger partial charge in [-0.3, -0.25) is 4.99 Å². The van der Waals surface area contributed by atoms with Crippen molar-refractivity contribution in [1.29, 1.82) is 0 Å². The molecule has 2 saturated heterocycles. The Balaban J connectivity index is 1.31. The quantitative estimate of drug-likeness (QED) is 0.458. The minimum Gasteiger partial charge on any atom is -0.375 e. The average Bonchev–Trinajstić information content (AvgIpc) is 3.24. The third-order valence-corrected chi connectivity index (χ3v) is 5.06. The largest absolute Gasteiger partial charge is 0.375 e. The lowest BCUT2D eigenvalue weighted by Gasteiger charge is -2.23. The predicted molar refractivity (Wildman–Crippen MR) is 99.7 cm³/mol. The zero-order valence-corrected chi connectivity index (χ0v) is 14.9. The predicted octanol–water partition coefficient (Wildman–Crippen LogP) is 2.39. The number of rotatable bonds is 7. The van der Waals surface area contributed by atoms with Crippen molar-refractivity contribution in [2.45, 2.75) is 50.4 Å². The summed E-state index contributed by atoms with van der Waals surface area (Å²) in [7, 11) is 3.99. The fourth-order valence-corrected chi connectivity index (χ4v) is 3.65. The van der Waals surface area contributed by atoms with E-state index in [0.717, 1.165) is 38.3 Å². The molecule has 2 bridgehead atoms. The maximum Gasteiger partial charge on any atom is 0.191 e. The molecule has 0 spiro atoms. The molecule has 5 nitrogen and oxygen atoms in total. The SMILES string of the molecule is CN=C(NCCCCN(C)c1ccccc1)NC1CC2CCC1O2. The Hall–Kier alpha value is -1.75. The fourth-order valence-electron chi connectivity index (χ4n) is 3.65. The van der Waals surface area contributed by atoms with E-state index < -0.39 is 0 Å². The first-order valence-corrected chi connectivity index (χ1v) is 9.15. The number of guanidine groups is 1. The highest BCUT2D eigenvalue weighted by Gasteiger charge is 2.41. The van der Waals surface area contributed by atoms with Crippen molar-refractivity contribution >= 4 is 11.6 Å². The van der Waals surface area contributed by atoms with Gasteiger partial charge in [-0.15, -0.1) is 0 Å². The third-order valence-electron chi connectivity index (χ3n) is 5.06. The van der Waals surface area contributed by atoms with Gasteiger partial charge in [-0.2, -0.15) is 0 Å². The van der Waals surface area contributed by atoms with Crippen LogP contribution in [0.15, 0.2) is 35.3 Å². The number of benzene rings is 1. The van der Waals surface area contributed by atoms with Gasteiger partial charge in [-0.1, -0.05) is 18.2 Å². The highest BCUT2D eigenvalue weighted by Crippen LogP contribution is 2.34. The van der Waals surface area contributed by atoms with Crippen molar-refractivity contribution in [2.24, 2.45) is 4.99 Å². The van der Waals surface area contributed by atoms with E-state index in [2.05, 4.69) is 57.9 Å². The summed E-state index contributed by atoms with van der Waals surface area (Å²) in [6.45, 7) is 2.02. The number of nitrogens with one attached hydrogen (secondary N) is 2. The average molecular weight is 330 g/mol. The van der Waals surface area contributed by atoms with Crippen LogP contribution in [0.25, 0.3) is 0 Å². The minimum atomic E-state index is 0.382. The Morgan fingerprint density at radius 1 is 1.25 bits per heavy atom. The third kappa shape index (κ3) is 4.41. The monoisotopic (exact) mass is 330 g/mol. The number of nitrogens with zero attached hydrogens (tertiary/aromatic N) is 2. The molecule has 132 valence electrons. The van der Waals surface area contributed by atoms with Gasteiger partial charge >= 0.3 is 0 Å². The van der Waals surface area contributed by atoms with Gasteiger partial charge < -0.3 is 20.3 Å². The van der Waals surface area contributed by atoms with Gasteiger partial charge in [0.1, 0.15) is 0 Å². The van der Waals surface area contributed by atoms with Gasteiger partial charge in [0.05, 0.1) is 18.2 Å². The summed E-state index contributed by atoms with van der Waals surface area (Å²) in [5.41, 5.74) is 1.28. The molecule has 0 aromatic heterocycles. The van der Waals surface area contributed by atoms with Crippen molar-refractivity contribution in [2.75, 3.05) is 32.1 Å². The van der Waals surface area contributed by atoms with E-state index in [9.17, 15) is 0 Å². The van der Waals surface area contributed by atoms with Gasteiger partial charge in [0, 0.05) is 32.9 Å². The second kappa shape index (κ2) is 8.38. The number of hydrogen-bond donors (Lipinski definition) is 2. The van der Waals surface area contributed by atoms with E-state index in [1.54, 1.807) is 0 Å². The van der Waals surface area contributed by atoms with Gasteiger partial charge in [-0.05, 0) is 44.2 Å². The second-order valence-electron chi connectivity index (χ2n) is 6.82. The molecule has 0 saturated carbocycles. The Kier molecular flexibility index (Phi) is 5.96. The highest BCUT2D eigenvalue weighted by molar-refractivity contribution is 5.80. The molecule has 2 aliphatic heterocycles. The Morgan fingerprint density at radius 2 is 2.08 bits per heavy atom. The Bertz CT molecular complexity index is 533. The lowest BCUT2D eigenvalue weighted by Crippen LogP contribution is -2.47. The van der Waals surface area contributed by atoms with Crippen molar-refractivity contribution in [3.8, 4) is 0 Å². The van der Waals surface area contributed by atoms with Crippen LogP contribution in [0.5, 0.6) is 0 Å². The molecule has 2 fully saturated rings. The van der Waals surface area contributed by atoms with Gasteiger partial charge in [0.25, 0.3) is 0 Å². The highest BCUT2D eigenvalue weighted by atomic mass is 16.5. The van der Waals surface area contributed by atoms with Crippen LogP contribution >= 0.6 is 0 Å².